The summed E-state index contributed by atoms with van der Waals surface area (Å²) in [5, 5.41) is 5.93. The summed E-state index contributed by atoms with van der Waals surface area (Å²) >= 11 is 12.3. The van der Waals surface area contributed by atoms with Gasteiger partial charge in [-0.25, -0.2) is 4.68 Å². The van der Waals surface area contributed by atoms with Gasteiger partial charge >= 0.3 is 0 Å². The molecule has 0 spiro atoms. The predicted molar refractivity (Wildman–Crippen MR) is 143 cm³/mol. The van der Waals surface area contributed by atoms with Crippen LogP contribution >= 0.6 is 23.2 Å². The molecule has 6 nitrogen and oxygen atoms in total. The van der Waals surface area contributed by atoms with E-state index in [2.05, 4.69) is 0 Å². The van der Waals surface area contributed by atoms with Crippen molar-refractivity contribution in [2.24, 2.45) is 0 Å². The summed E-state index contributed by atoms with van der Waals surface area (Å²) in [7, 11) is 1.62. The van der Waals surface area contributed by atoms with Crippen molar-refractivity contribution in [3.05, 3.63) is 99.7 Å². The summed E-state index contributed by atoms with van der Waals surface area (Å²) in [5.41, 5.74) is 2.89. The number of methoxy groups -OCH3 is 1. The predicted octanol–water partition coefficient (Wildman–Crippen LogP) is 7.34. The molecule has 8 heteroatoms. The standard InChI is InChI=1S/C28H27Cl2N3O3/c1-4-16-32(27(34)20-8-10-21(29)11-9-20)18-26-19(2)31-33(23-7-5-6-22(30)17-23)28(26)36-25-14-12-24(35-3)13-15-25/h5-15,17H,4,16,18H2,1-3H3. The first-order chi connectivity index (χ1) is 17.4. The molecule has 0 aliphatic heterocycles. The number of carbonyl (C=O) groups is 1. The third-order valence-corrected chi connectivity index (χ3v) is 6.17. The summed E-state index contributed by atoms with van der Waals surface area (Å²) in [6.07, 6.45) is 0.801. The van der Waals surface area contributed by atoms with Gasteiger partial charge in [-0.15, -0.1) is 0 Å². The molecule has 1 amide bonds. The number of halogens is 2. The van der Waals surface area contributed by atoms with Crippen LogP contribution in [0.3, 0.4) is 0 Å². The molecule has 36 heavy (non-hydrogen) atoms. The van der Waals surface area contributed by atoms with E-state index in [0.717, 1.165) is 29.1 Å². The highest BCUT2D eigenvalue weighted by atomic mass is 35.5. The van der Waals surface area contributed by atoms with E-state index >= 15 is 0 Å². The van der Waals surface area contributed by atoms with Crippen molar-refractivity contribution < 1.29 is 14.3 Å². The highest BCUT2D eigenvalue weighted by Crippen LogP contribution is 2.33. The highest BCUT2D eigenvalue weighted by molar-refractivity contribution is 6.31. The fourth-order valence-corrected chi connectivity index (χ4v) is 4.16. The van der Waals surface area contributed by atoms with Crippen LogP contribution < -0.4 is 9.47 Å². The number of amides is 1. The van der Waals surface area contributed by atoms with E-state index in [4.69, 9.17) is 37.8 Å². The number of hydrogen-bond acceptors (Lipinski definition) is 4. The van der Waals surface area contributed by atoms with E-state index < -0.39 is 0 Å². The average molecular weight is 524 g/mol. The minimum atomic E-state index is -0.0844. The van der Waals surface area contributed by atoms with Crippen molar-refractivity contribution in [3.63, 3.8) is 0 Å². The first kappa shape index (κ1) is 25.6. The van der Waals surface area contributed by atoms with Crippen LogP contribution in [-0.2, 0) is 6.54 Å². The van der Waals surface area contributed by atoms with E-state index in [1.54, 1.807) is 47.0 Å². The quantitative estimate of drug-likeness (QED) is 0.230. The van der Waals surface area contributed by atoms with Gasteiger partial charge < -0.3 is 14.4 Å². The van der Waals surface area contributed by atoms with Gasteiger partial charge in [0, 0.05) is 22.2 Å². The van der Waals surface area contributed by atoms with Gasteiger partial charge in [-0.3, -0.25) is 4.79 Å². The molecule has 0 saturated heterocycles. The zero-order valence-electron chi connectivity index (χ0n) is 20.4. The van der Waals surface area contributed by atoms with Crippen molar-refractivity contribution >= 4 is 29.1 Å². The number of rotatable bonds is 9. The summed E-state index contributed by atoms with van der Waals surface area (Å²) in [6.45, 7) is 4.85. The summed E-state index contributed by atoms with van der Waals surface area (Å²) < 4.78 is 13.4. The Morgan fingerprint density at radius 3 is 2.31 bits per heavy atom. The molecule has 0 bridgehead atoms. The zero-order valence-corrected chi connectivity index (χ0v) is 21.9. The van der Waals surface area contributed by atoms with Crippen molar-refractivity contribution in [3.8, 4) is 23.1 Å². The Morgan fingerprint density at radius 2 is 1.67 bits per heavy atom. The third-order valence-electron chi connectivity index (χ3n) is 5.68. The lowest BCUT2D eigenvalue weighted by molar-refractivity contribution is 0.0742. The first-order valence-corrected chi connectivity index (χ1v) is 12.4. The Kier molecular flexibility index (Phi) is 8.18. The highest BCUT2D eigenvalue weighted by Gasteiger charge is 2.24. The van der Waals surface area contributed by atoms with Gasteiger partial charge in [0.15, 0.2) is 0 Å². The van der Waals surface area contributed by atoms with Gasteiger partial charge in [0.1, 0.15) is 11.5 Å². The molecule has 4 aromatic rings. The van der Waals surface area contributed by atoms with E-state index in [-0.39, 0.29) is 5.91 Å². The summed E-state index contributed by atoms with van der Waals surface area (Å²) in [4.78, 5) is 15.2. The van der Waals surface area contributed by atoms with Crippen LogP contribution in [0.2, 0.25) is 10.0 Å². The van der Waals surface area contributed by atoms with E-state index in [1.807, 2.05) is 56.3 Å². The topological polar surface area (TPSA) is 56.6 Å². The SMILES string of the molecule is CCCN(Cc1c(C)nn(-c2cccc(Cl)c2)c1Oc1ccc(OC)cc1)C(=O)c1ccc(Cl)cc1. The molecule has 0 unspecified atom stereocenters. The van der Waals surface area contributed by atoms with Gasteiger partial charge in [-0.2, -0.15) is 5.10 Å². The van der Waals surface area contributed by atoms with Crippen LogP contribution in [0.25, 0.3) is 5.69 Å². The Balaban J connectivity index is 1.75. The fraction of sp³-hybridized carbons (Fsp3) is 0.214. The van der Waals surface area contributed by atoms with Crippen LogP contribution in [0, 0.1) is 6.92 Å². The normalized spacial score (nSPS) is 10.8. The maximum atomic E-state index is 13.4. The van der Waals surface area contributed by atoms with Gasteiger partial charge in [-0.05, 0) is 80.1 Å². The molecule has 1 heterocycles. The molecular formula is C28H27Cl2N3O3. The number of ether oxygens (including phenoxy) is 2. The molecule has 4 rings (SSSR count). The summed E-state index contributed by atoms with van der Waals surface area (Å²) in [5.74, 6) is 1.78. The van der Waals surface area contributed by atoms with Gasteiger partial charge in [0.25, 0.3) is 5.91 Å². The second kappa shape index (κ2) is 11.5. The molecule has 186 valence electrons. The average Bonchev–Trinajstić information content (AvgIpc) is 3.19. The van der Waals surface area contributed by atoms with Crippen molar-refractivity contribution in [2.75, 3.05) is 13.7 Å². The van der Waals surface area contributed by atoms with Crippen molar-refractivity contribution in [1.82, 2.24) is 14.7 Å². The third kappa shape index (κ3) is 5.83. The maximum absolute atomic E-state index is 13.4. The molecule has 0 atom stereocenters. The van der Waals surface area contributed by atoms with Gasteiger partial charge in [0.05, 0.1) is 30.6 Å². The van der Waals surface area contributed by atoms with Gasteiger partial charge in [0.2, 0.25) is 5.88 Å². The van der Waals surface area contributed by atoms with Crippen molar-refractivity contribution in [2.45, 2.75) is 26.8 Å². The Labute approximate surface area is 221 Å². The molecule has 3 aromatic carbocycles. The molecule has 0 radical (unpaired) electrons. The summed E-state index contributed by atoms with van der Waals surface area (Å²) in [6, 6.07) is 21.6. The molecule has 0 aliphatic rings. The lowest BCUT2D eigenvalue weighted by atomic mass is 10.1. The van der Waals surface area contributed by atoms with Crippen LogP contribution in [0.15, 0.2) is 72.8 Å². The lowest BCUT2D eigenvalue weighted by Crippen LogP contribution is -2.31. The van der Waals surface area contributed by atoms with Crippen LogP contribution in [0.5, 0.6) is 17.4 Å². The second-order valence-corrected chi connectivity index (χ2v) is 9.14. The molecule has 0 aliphatic carbocycles. The van der Waals surface area contributed by atoms with Crippen molar-refractivity contribution in [1.29, 1.82) is 0 Å². The largest absolute Gasteiger partial charge is 0.497 e. The van der Waals surface area contributed by atoms with E-state index in [9.17, 15) is 4.79 Å². The molecular weight excluding hydrogens is 497 g/mol. The molecule has 0 N–H and O–H groups in total. The molecule has 1 aromatic heterocycles. The van der Waals surface area contributed by atoms with Crippen LogP contribution in [0.4, 0.5) is 0 Å². The number of aryl methyl sites for hydroxylation is 1. The smallest absolute Gasteiger partial charge is 0.254 e. The first-order valence-electron chi connectivity index (χ1n) is 11.6. The Morgan fingerprint density at radius 1 is 0.972 bits per heavy atom. The monoisotopic (exact) mass is 523 g/mol. The fourth-order valence-electron chi connectivity index (χ4n) is 3.85. The number of carbonyl (C=O) groups excluding carboxylic acids is 1. The van der Waals surface area contributed by atoms with Gasteiger partial charge in [-0.1, -0.05) is 36.2 Å². The molecule has 0 fully saturated rings. The number of aromatic nitrogens is 2. The Hall–Kier alpha value is -3.48. The minimum absolute atomic E-state index is 0.0844. The second-order valence-electron chi connectivity index (χ2n) is 8.27. The minimum Gasteiger partial charge on any atom is -0.497 e. The maximum Gasteiger partial charge on any atom is 0.254 e. The number of hydrogen-bond donors (Lipinski definition) is 0. The number of nitrogens with zero attached hydrogens (tertiary/aromatic N) is 3. The lowest BCUT2D eigenvalue weighted by Gasteiger charge is -2.23. The van der Waals surface area contributed by atoms with Crippen LogP contribution in [-0.4, -0.2) is 34.2 Å². The molecule has 0 saturated carbocycles. The van der Waals surface area contributed by atoms with Crippen LogP contribution in [0.1, 0.15) is 35.0 Å². The Bertz CT molecular complexity index is 1340. The zero-order chi connectivity index (χ0) is 25.7. The van der Waals surface area contributed by atoms with E-state index in [1.165, 1.54) is 0 Å². The number of benzene rings is 3. The van der Waals surface area contributed by atoms with E-state index in [0.29, 0.717) is 40.3 Å².